The Bertz CT molecular complexity index is 210. The van der Waals surface area contributed by atoms with E-state index in [-0.39, 0.29) is 10.7 Å². The summed E-state index contributed by atoms with van der Waals surface area (Å²) >= 11 is 3.23. The third kappa shape index (κ3) is 2.69. The smallest absolute Gasteiger partial charge is 0.407 e. The Hall–Kier alpha value is -0.580. The van der Waals surface area contributed by atoms with Crippen LogP contribution >= 0.6 is 15.9 Å². The van der Waals surface area contributed by atoms with E-state index in [0.717, 1.165) is 19.1 Å². The molecule has 0 aliphatic carbocycles. The second kappa shape index (κ2) is 4.60. The minimum Gasteiger partial charge on any atom is -0.465 e. The lowest BCUT2D eigenvalue weighted by atomic mass is 9.96. The zero-order valence-corrected chi connectivity index (χ0v) is 8.74. The number of carbonyl (C=O) groups excluding carboxylic acids is 1. The molecule has 1 rings (SSSR count). The summed E-state index contributed by atoms with van der Waals surface area (Å²) in [6.45, 7) is 1.05. The van der Waals surface area contributed by atoms with E-state index in [1.54, 1.807) is 0 Å². The van der Waals surface area contributed by atoms with Crippen LogP contribution in [0.3, 0.4) is 0 Å². The number of rotatable bonds is 2. The molecule has 1 heterocycles. The molecule has 4 nitrogen and oxygen atoms in total. The van der Waals surface area contributed by atoms with Crippen molar-refractivity contribution in [2.75, 3.05) is 13.1 Å². The van der Waals surface area contributed by atoms with Gasteiger partial charge in [-0.1, -0.05) is 15.9 Å². The number of carboxylic acid groups (broad SMARTS) is 1. The summed E-state index contributed by atoms with van der Waals surface area (Å²) in [7, 11) is 0. The van der Waals surface area contributed by atoms with Gasteiger partial charge >= 0.3 is 6.09 Å². The highest BCUT2D eigenvalue weighted by Crippen LogP contribution is 2.23. The van der Waals surface area contributed by atoms with Crippen LogP contribution in [0.15, 0.2) is 0 Å². The molecule has 0 aromatic rings. The van der Waals surface area contributed by atoms with Crippen molar-refractivity contribution >= 4 is 28.3 Å². The number of hydrogen-bond acceptors (Lipinski definition) is 2. The Morgan fingerprint density at radius 1 is 1.69 bits per heavy atom. The molecular weight excluding hydrogens is 238 g/mol. The number of nitrogens with zero attached hydrogens (tertiary/aromatic N) is 1. The van der Waals surface area contributed by atoms with Crippen molar-refractivity contribution in [3.8, 4) is 0 Å². The van der Waals surface area contributed by atoms with E-state index < -0.39 is 6.09 Å². The minimum atomic E-state index is -0.893. The van der Waals surface area contributed by atoms with E-state index in [1.807, 2.05) is 0 Å². The molecule has 13 heavy (non-hydrogen) atoms. The van der Waals surface area contributed by atoms with Gasteiger partial charge in [-0.05, 0) is 18.8 Å². The lowest BCUT2D eigenvalue weighted by Crippen LogP contribution is -2.41. The van der Waals surface area contributed by atoms with Gasteiger partial charge in [-0.3, -0.25) is 0 Å². The predicted molar refractivity (Wildman–Crippen MR) is 51.1 cm³/mol. The minimum absolute atomic E-state index is 0.127. The van der Waals surface area contributed by atoms with Crippen molar-refractivity contribution < 1.29 is 14.7 Å². The first-order valence-corrected chi connectivity index (χ1v) is 5.14. The maximum Gasteiger partial charge on any atom is 0.407 e. The standard InChI is InChI=1S/C8H12BrNO3/c9-7(5-11)6-2-1-3-10(4-6)8(12)13/h5-7H,1-4H2,(H,12,13)/t6-,7?/m1/s1. The highest BCUT2D eigenvalue weighted by molar-refractivity contribution is 9.10. The van der Waals surface area contributed by atoms with Crippen LogP contribution in [0.4, 0.5) is 4.79 Å². The molecule has 1 saturated heterocycles. The van der Waals surface area contributed by atoms with Gasteiger partial charge in [0.15, 0.2) is 0 Å². The van der Waals surface area contributed by atoms with Crippen LogP contribution in [0, 0.1) is 5.92 Å². The van der Waals surface area contributed by atoms with E-state index in [9.17, 15) is 9.59 Å². The number of amides is 1. The Morgan fingerprint density at radius 3 is 2.92 bits per heavy atom. The number of alkyl halides is 1. The van der Waals surface area contributed by atoms with Gasteiger partial charge in [0.05, 0.1) is 4.83 Å². The second-order valence-corrected chi connectivity index (χ2v) is 4.27. The van der Waals surface area contributed by atoms with Crippen LogP contribution < -0.4 is 0 Å². The Kier molecular flexibility index (Phi) is 3.71. The number of carbonyl (C=O) groups is 2. The Morgan fingerprint density at radius 2 is 2.38 bits per heavy atom. The van der Waals surface area contributed by atoms with Crippen LogP contribution in [-0.2, 0) is 4.79 Å². The zero-order chi connectivity index (χ0) is 9.84. The molecular formula is C8H12BrNO3. The molecule has 0 bridgehead atoms. The first-order valence-electron chi connectivity index (χ1n) is 4.22. The predicted octanol–water partition coefficient (Wildman–Crippen LogP) is 1.34. The van der Waals surface area contributed by atoms with Gasteiger partial charge in [0.2, 0.25) is 0 Å². The summed E-state index contributed by atoms with van der Waals surface area (Å²) in [6.07, 6.45) is 1.69. The molecule has 74 valence electrons. The summed E-state index contributed by atoms with van der Waals surface area (Å²) in [5.41, 5.74) is 0. The van der Waals surface area contributed by atoms with Crippen LogP contribution in [-0.4, -0.2) is 40.3 Å². The monoisotopic (exact) mass is 249 g/mol. The van der Waals surface area contributed by atoms with Crippen molar-refractivity contribution in [2.24, 2.45) is 5.92 Å². The highest BCUT2D eigenvalue weighted by Gasteiger charge is 2.27. The van der Waals surface area contributed by atoms with Crippen molar-refractivity contribution in [3.05, 3.63) is 0 Å². The molecule has 0 aromatic heterocycles. The molecule has 0 saturated carbocycles. The summed E-state index contributed by atoms with van der Waals surface area (Å²) < 4.78 is 0. The Balaban J connectivity index is 2.50. The molecule has 1 amide bonds. The third-order valence-electron chi connectivity index (χ3n) is 2.31. The molecule has 0 spiro atoms. The largest absolute Gasteiger partial charge is 0.465 e. The maximum atomic E-state index is 10.6. The van der Waals surface area contributed by atoms with E-state index in [1.165, 1.54) is 4.90 Å². The van der Waals surface area contributed by atoms with Gasteiger partial charge in [-0.15, -0.1) is 0 Å². The molecule has 1 aliphatic heterocycles. The number of aldehydes is 1. The van der Waals surface area contributed by atoms with E-state index in [0.29, 0.717) is 13.1 Å². The maximum absolute atomic E-state index is 10.6. The lowest BCUT2D eigenvalue weighted by Gasteiger charge is -2.31. The van der Waals surface area contributed by atoms with E-state index in [2.05, 4.69) is 15.9 Å². The van der Waals surface area contributed by atoms with Gasteiger partial charge < -0.3 is 14.8 Å². The quantitative estimate of drug-likeness (QED) is 0.594. The van der Waals surface area contributed by atoms with Gasteiger partial charge in [-0.25, -0.2) is 4.79 Å². The van der Waals surface area contributed by atoms with Crippen molar-refractivity contribution in [1.29, 1.82) is 0 Å². The molecule has 1 fully saturated rings. The van der Waals surface area contributed by atoms with E-state index >= 15 is 0 Å². The van der Waals surface area contributed by atoms with E-state index in [4.69, 9.17) is 5.11 Å². The lowest BCUT2D eigenvalue weighted by molar-refractivity contribution is -0.108. The molecule has 1 N–H and O–H groups in total. The summed E-state index contributed by atoms with van der Waals surface area (Å²) in [5.74, 6) is 0.127. The second-order valence-electron chi connectivity index (χ2n) is 3.21. The fourth-order valence-corrected chi connectivity index (χ4v) is 1.99. The molecule has 1 unspecified atom stereocenters. The highest BCUT2D eigenvalue weighted by atomic mass is 79.9. The number of piperidine rings is 1. The van der Waals surface area contributed by atoms with Crippen LogP contribution in [0.2, 0.25) is 0 Å². The molecule has 0 radical (unpaired) electrons. The fraction of sp³-hybridized carbons (Fsp3) is 0.750. The van der Waals surface area contributed by atoms with Crippen molar-refractivity contribution in [2.45, 2.75) is 17.7 Å². The average molecular weight is 250 g/mol. The number of hydrogen-bond donors (Lipinski definition) is 1. The van der Waals surface area contributed by atoms with Crippen LogP contribution in [0.5, 0.6) is 0 Å². The summed E-state index contributed by atoms with van der Waals surface area (Å²) in [4.78, 5) is 22.3. The average Bonchev–Trinajstić information content (AvgIpc) is 2.17. The third-order valence-corrected chi connectivity index (χ3v) is 3.27. The van der Waals surface area contributed by atoms with Gasteiger partial charge in [0.1, 0.15) is 6.29 Å². The number of halogens is 1. The molecule has 5 heteroatoms. The van der Waals surface area contributed by atoms with Gasteiger partial charge in [0.25, 0.3) is 0 Å². The van der Waals surface area contributed by atoms with Crippen LogP contribution in [0.25, 0.3) is 0 Å². The number of likely N-dealkylation sites (tertiary alicyclic amines) is 1. The SMILES string of the molecule is O=CC(Br)[C@@H]1CCCN(C(=O)O)C1. The van der Waals surface area contributed by atoms with Crippen molar-refractivity contribution in [3.63, 3.8) is 0 Å². The fourth-order valence-electron chi connectivity index (χ4n) is 1.55. The van der Waals surface area contributed by atoms with Gasteiger partial charge in [0, 0.05) is 13.1 Å². The first kappa shape index (κ1) is 10.5. The Labute approximate surface area is 85.0 Å². The molecule has 1 aliphatic rings. The normalized spacial score (nSPS) is 25.3. The first-order chi connectivity index (χ1) is 6.15. The zero-order valence-electron chi connectivity index (χ0n) is 7.15. The molecule has 2 atom stereocenters. The van der Waals surface area contributed by atoms with Crippen LogP contribution in [0.1, 0.15) is 12.8 Å². The summed E-state index contributed by atoms with van der Waals surface area (Å²) in [6, 6.07) is 0. The molecule has 0 aromatic carbocycles. The summed E-state index contributed by atoms with van der Waals surface area (Å²) in [5, 5.41) is 8.73. The van der Waals surface area contributed by atoms with Gasteiger partial charge in [-0.2, -0.15) is 0 Å². The topological polar surface area (TPSA) is 57.6 Å². The van der Waals surface area contributed by atoms with Crippen molar-refractivity contribution in [1.82, 2.24) is 4.90 Å².